The molecule has 3 rings (SSSR count). The normalized spacial score (nSPS) is 11.0. The number of hydrogen-bond donors (Lipinski definition) is 0. The first-order valence-corrected chi connectivity index (χ1v) is 7.45. The summed E-state index contributed by atoms with van der Waals surface area (Å²) in [6, 6.07) is 14.7. The highest BCUT2D eigenvalue weighted by molar-refractivity contribution is 5.86. The first kappa shape index (κ1) is 13.7. The number of methoxy groups -OCH3 is 1. The third kappa shape index (κ3) is 2.54. The fraction of sp³-hybridized carbons (Fsp3) is 0.263. The van der Waals surface area contributed by atoms with Gasteiger partial charge in [0, 0.05) is 10.9 Å². The molecule has 0 atom stereocenters. The summed E-state index contributed by atoms with van der Waals surface area (Å²) in [7, 11) is 1.70. The SMILES string of the molecule is CCc1ccc(-c2cc3cc(OC)cc(CC)c3o2)cc1. The van der Waals surface area contributed by atoms with Crippen molar-refractivity contribution in [2.45, 2.75) is 26.7 Å². The molecular weight excluding hydrogens is 260 g/mol. The molecule has 108 valence electrons. The van der Waals surface area contributed by atoms with Gasteiger partial charge in [0.25, 0.3) is 0 Å². The minimum atomic E-state index is 0.882. The smallest absolute Gasteiger partial charge is 0.138 e. The van der Waals surface area contributed by atoms with Crippen LogP contribution in [0.3, 0.4) is 0 Å². The number of fused-ring (bicyclic) bond motifs is 1. The zero-order valence-electron chi connectivity index (χ0n) is 12.8. The van der Waals surface area contributed by atoms with Gasteiger partial charge in [0.1, 0.15) is 17.1 Å². The van der Waals surface area contributed by atoms with Crippen LogP contribution in [0, 0.1) is 0 Å². The molecule has 0 saturated heterocycles. The zero-order chi connectivity index (χ0) is 14.8. The average Bonchev–Trinajstić information content (AvgIpc) is 2.97. The number of aryl methyl sites for hydroxylation is 2. The van der Waals surface area contributed by atoms with Crippen LogP contribution in [0.2, 0.25) is 0 Å². The van der Waals surface area contributed by atoms with Gasteiger partial charge in [0.05, 0.1) is 7.11 Å². The van der Waals surface area contributed by atoms with Crippen LogP contribution in [0.1, 0.15) is 25.0 Å². The van der Waals surface area contributed by atoms with Gasteiger partial charge >= 0.3 is 0 Å². The van der Waals surface area contributed by atoms with Crippen molar-refractivity contribution in [3.05, 3.63) is 53.6 Å². The summed E-state index contributed by atoms with van der Waals surface area (Å²) >= 11 is 0. The van der Waals surface area contributed by atoms with E-state index in [-0.39, 0.29) is 0 Å². The van der Waals surface area contributed by atoms with Crippen LogP contribution in [0.4, 0.5) is 0 Å². The molecule has 0 saturated carbocycles. The molecule has 0 radical (unpaired) electrons. The summed E-state index contributed by atoms with van der Waals surface area (Å²) in [5, 5.41) is 1.10. The number of benzene rings is 2. The van der Waals surface area contributed by atoms with Gasteiger partial charge in [-0.1, -0.05) is 38.1 Å². The zero-order valence-corrected chi connectivity index (χ0v) is 12.8. The molecule has 0 aliphatic rings. The fourth-order valence-corrected chi connectivity index (χ4v) is 2.62. The van der Waals surface area contributed by atoms with Crippen molar-refractivity contribution >= 4 is 11.0 Å². The summed E-state index contributed by atoms with van der Waals surface area (Å²) in [6.45, 7) is 4.29. The van der Waals surface area contributed by atoms with Gasteiger partial charge in [0.2, 0.25) is 0 Å². The molecule has 0 amide bonds. The Hall–Kier alpha value is -2.22. The van der Waals surface area contributed by atoms with Crippen molar-refractivity contribution in [3.63, 3.8) is 0 Å². The average molecular weight is 280 g/mol. The number of hydrogen-bond acceptors (Lipinski definition) is 2. The van der Waals surface area contributed by atoms with Crippen LogP contribution >= 0.6 is 0 Å². The molecule has 1 heterocycles. The van der Waals surface area contributed by atoms with Crippen molar-refractivity contribution in [3.8, 4) is 17.1 Å². The van der Waals surface area contributed by atoms with Crippen molar-refractivity contribution in [2.75, 3.05) is 7.11 Å². The first-order chi connectivity index (χ1) is 10.2. The van der Waals surface area contributed by atoms with E-state index in [0.717, 1.165) is 40.9 Å². The molecule has 2 heteroatoms. The second-order valence-electron chi connectivity index (χ2n) is 5.22. The Morgan fingerprint density at radius 1 is 0.952 bits per heavy atom. The van der Waals surface area contributed by atoms with Gasteiger partial charge in [-0.25, -0.2) is 0 Å². The van der Waals surface area contributed by atoms with Gasteiger partial charge in [-0.05, 0) is 42.2 Å². The topological polar surface area (TPSA) is 22.4 Å². The Kier molecular flexibility index (Phi) is 3.70. The van der Waals surface area contributed by atoms with E-state index in [1.807, 2.05) is 6.07 Å². The molecule has 0 N–H and O–H groups in total. The van der Waals surface area contributed by atoms with E-state index in [4.69, 9.17) is 9.15 Å². The third-order valence-electron chi connectivity index (χ3n) is 3.93. The van der Waals surface area contributed by atoms with Gasteiger partial charge in [-0.3, -0.25) is 0 Å². The molecular formula is C19H20O2. The molecule has 0 aliphatic carbocycles. The summed E-state index contributed by atoms with van der Waals surface area (Å²) in [5.41, 5.74) is 4.60. The second-order valence-corrected chi connectivity index (χ2v) is 5.22. The minimum Gasteiger partial charge on any atom is -0.497 e. The first-order valence-electron chi connectivity index (χ1n) is 7.45. The molecule has 0 fully saturated rings. The Morgan fingerprint density at radius 3 is 2.33 bits per heavy atom. The van der Waals surface area contributed by atoms with Crippen LogP contribution < -0.4 is 4.74 Å². The van der Waals surface area contributed by atoms with Gasteiger partial charge in [0.15, 0.2) is 0 Å². The lowest BCUT2D eigenvalue weighted by Crippen LogP contribution is -1.86. The van der Waals surface area contributed by atoms with Crippen LogP contribution in [-0.2, 0) is 12.8 Å². The lowest BCUT2D eigenvalue weighted by Gasteiger charge is -2.03. The molecule has 21 heavy (non-hydrogen) atoms. The van der Waals surface area contributed by atoms with Gasteiger partial charge in [-0.2, -0.15) is 0 Å². The predicted molar refractivity (Wildman–Crippen MR) is 87.0 cm³/mol. The molecule has 0 unspecified atom stereocenters. The maximum absolute atomic E-state index is 6.09. The highest BCUT2D eigenvalue weighted by Crippen LogP contribution is 2.33. The van der Waals surface area contributed by atoms with E-state index in [1.54, 1.807) is 7.11 Å². The summed E-state index contributed by atoms with van der Waals surface area (Å²) in [4.78, 5) is 0. The van der Waals surface area contributed by atoms with Crippen LogP contribution in [0.5, 0.6) is 5.75 Å². The van der Waals surface area contributed by atoms with Crippen molar-refractivity contribution < 1.29 is 9.15 Å². The Labute approximate surface area is 125 Å². The minimum absolute atomic E-state index is 0.882. The van der Waals surface area contributed by atoms with Crippen LogP contribution in [0.15, 0.2) is 46.9 Å². The van der Waals surface area contributed by atoms with E-state index < -0.39 is 0 Å². The number of rotatable bonds is 4. The Morgan fingerprint density at radius 2 is 1.71 bits per heavy atom. The molecule has 0 aliphatic heterocycles. The number of furan rings is 1. The van der Waals surface area contributed by atoms with E-state index in [2.05, 4.69) is 50.2 Å². The molecule has 0 spiro atoms. The lowest BCUT2D eigenvalue weighted by molar-refractivity contribution is 0.415. The molecule has 1 aromatic heterocycles. The molecule has 3 aromatic rings. The van der Waals surface area contributed by atoms with Crippen molar-refractivity contribution in [1.29, 1.82) is 0 Å². The molecule has 0 bridgehead atoms. The lowest BCUT2D eigenvalue weighted by atomic mass is 10.1. The van der Waals surface area contributed by atoms with E-state index in [9.17, 15) is 0 Å². The number of ether oxygens (including phenoxy) is 1. The van der Waals surface area contributed by atoms with Crippen LogP contribution in [0.25, 0.3) is 22.3 Å². The maximum atomic E-state index is 6.09. The Balaban J connectivity index is 2.11. The van der Waals surface area contributed by atoms with Crippen molar-refractivity contribution in [1.82, 2.24) is 0 Å². The summed E-state index contributed by atoms with van der Waals surface area (Å²) in [6.07, 6.45) is 1.98. The monoisotopic (exact) mass is 280 g/mol. The quantitative estimate of drug-likeness (QED) is 0.652. The third-order valence-corrected chi connectivity index (χ3v) is 3.93. The van der Waals surface area contributed by atoms with E-state index in [0.29, 0.717) is 0 Å². The highest BCUT2D eigenvalue weighted by Gasteiger charge is 2.11. The van der Waals surface area contributed by atoms with Crippen molar-refractivity contribution in [2.24, 2.45) is 0 Å². The van der Waals surface area contributed by atoms with Gasteiger partial charge < -0.3 is 9.15 Å². The highest BCUT2D eigenvalue weighted by atomic mass is 16.5. The maximum Gasteiger partial charge on any atom is 0.138 e. The largest absolute Gasteiger partial charge is 0.497 e. The molecule has 2 aromatic carbocycles. The summed E-state index contributed by atoms with van der Waals surface area (Å²) < 4.78 is 11.5. The second kappa shape index (κ2) is 5.65. The standard InChI is InChI=1S/C19H20O2/c1-4-13-6-8-15(9-7-13)18-12-16-11-17(20-3)10-14(5-2)19(16)21-18/h6-12H,4-5H2,1-3H3. The Bertz CT molecular complexity index is 751. The van der Waals surface area contributed by atoms with E-state index >= 15 is 0 Å². The predicted octanol–water partition coefficient (Wildman–Crippen LogP) is 5.23. The summed E-state index contributed by atoms with van der Waals surface area (Å²) in [5.74, 6) is 1.80. The van der Waals surface area contributed by atoms with Gasteiger partial charge in [-0.15, -0.1) is 0 Å². The van der Waals surface area contributed by atoms with E-state index in [1.165, 1.54) is 11.1 Å². The molecule has 2 nitrogen and oxygen atoms in total. The fourth-order valence-electron chi connectivity index (χ4n) is 2.62. The van der Waals surface area contributed by atoms with Crippen LogP contribution in [-0.4, -0.2) is 7.11 Å².